The summed E-state index contributed by atoms with van der Waals surface area (Å²) in [7, 11) is 1.40. The molecule has 0 spiro atoms. The summed E-state index contributed by atoms with van der Waals surface area (Å²) in [5, 5.41) is 30.4. The van der Waals surface area contributed by atoms with Gasteiger partial charge in [0.05, 0.1) is 31.4 Å². The van der Waals surface area contributed by atoms with E-state index < -0.39 is 30.5 Å². The third kappa shape index (κ3) is 3.36. The summed E-state index contributed by atoms with van der Waals surface area (Å²) >= 11 is 0. The largest absolute Gasteiger partial charge is 0.480 e. The van der Waals surface area contributed by atoms with E-state index in [2.05, 4.69) is 5.32 Å². The fourth-order valence-corrected chi connectivity index (χ4v) is 1.92. The van der Waals surface area contributed by atoms with Gasteiger partial charge in [0.15, 0.2) is 6.29 Å². The number of hydrogen-bond donors (Lipinski definition) is 4. The lowest BCUT2D eigenvalue weighted by Gasteiger charge is -2.42. The van der Waals surface area contributed by atoms with Gasteiger partial charge in [0, 0.05) is 13.0 Å². The average molecular weight is 249 g/mol. The molecule has 1 heterocycles. The van der Waals surface area contributed by atoms with E-state index in [9.17, 15) is 9.90 Å². The molecule has 4 N–H and O–H groups in total. The predicted octanol–water partition coefficient (Wildman–Crippen LogP) is -1.61. The number of methoxy groups -OCH3 is 1. The minimum atomic E-state index is -1.02. The van der Waals surface area contributed by atoms with Gasteiger partial charge < -0.3 is 24.8 Å². The average Bonchev–Trinajstić information content (AvgIpc) is 2.30. The quantitative estimate of drug-likeness (QED) is 0.464. The van der Waals surface area contributed by atoms with Crippen molar-refractivity contribution >= 4 is 5.97 Å². The van der Waals surface area contributed by atoms with Gasteiger partial charge in [-0.25, -0.2) is 0 Å². The maximum Gasteiger partial charge on any atom is 0.317 e. The molecule has 0 aliphatic carbocycles. The Morgan fingerprint density at radius 1 is 1.53 bits per heavy atom. The number of carboxylic acid groups (broad SMARTS) is 1. The Labute approximate surface area is 99.3 Å². The molecule has 5 atom stereocenters. The van der Waals surface area contributed by atoms with Gasteiger partial charge in [-0.2, -0.15) is 0 Å². The van der Waals surface area contributed by atoms with E-state index in [1.807, 2.05) is 0 Å². The summed E-state index contributed by atoms with van der Waals surface area (Å²) in [4.78, 5) is 10.5. The smallest absolute Gasteiger partial charge is 0.317 e. The normalized spacial score (nSPS) is 38.0. The minimum absolute atomic E-state index is 0.219. The first-order valence-electron chi connectivity index (χ1n) is 5.43. The van der Waals surface area contributed by atoms with Crippen molar-refractivity contribution in [3.05, 3.63) is 0 Å². The van der Waals surface area contributed by atoms with E-state index in [-0.39, 0.29) is 19.1 Å². The summed E-state index contributed by atoms with van der Waals surface area (Å²) in [5.41, 5.74) is 0. The molecule has 0 aromatic carbocycles. The Balaban J connectivity index is 2.68. The number of aliphatic hydroxyl groups excluding tert-OH is 2. The third-order valence-electron chi connectivity index (χ3n) is 3.00. The summed E-state index contributed by atoms with van der Waals surface area (Å²) < 4.78 is 10.5. The number of aliphatic hydroxyl groups is 2. The Hall–Kier alpha value is -0.730. The van der Waals surface area contributed by atoms with Crippen LogP contribution >= 0.6 is 0 Å². The second-order valence-electron chi connectivity index (χ2n) is 4.11. The Morgan fingerprint density at radius 2 is 2.18 bits per heavy atom. The molecule has 1 fully saturated rings. The number of aliphatic carboxylic acids is 1. The van der Waals surface area contributed by atoms with E-state index in [1.165, 1.54) is 7.11 Å². The summed E-state index contributed by atoms with van der Waals surface area (Å²) in [6.07, 6.45) is -2.14. The lowest BCUT2D eigenvalue weighted by Crippen LogP contribution is -2.61. The number of carbonyl (C=O) groups is 1. The Morgan fingerprint density at radius 3 is 2.65 bits per heavy atom. The highest BCUT2D eigenvalue weighted by molar-refractivity contribution is 5.69. The number of hydrogen-bond acceptors (Lipinski definition) is 6. The highest BCUT2D eigenvalue weighted by Crippen LogP contribution is 2.26. The molecule has 17 heavy (non-hydrogen) atoms. The lowest BCUT2D eigenvalue weighted by atomic mass is 9.89. The van der Waals surface area contributed by atoms with Gasteiger partial charge in [0.1, 0.15) is 0 Å². The molecule has 5 unspecified atom stereocenters. The second-order valence-corrected chi connectivity index (χ2v) is 4.11. The van der Waals surface area contributed by atoms with Crippen LogP contribution in [0, 0.1) is 5.92 Å². The number of carboxylic acids is 1. The zero-order valence-corrected chi connectivity index (χ0v) is 9.87. The monoisotopic (exact) mass is 249 g/mol. The van der Waals surface area contributed by atoms with Crippen LogP contribution in [0.1, 0.15) is 6.92 Å². The predicted molar refractivity (Wildman–Crippen MR) is 57.4 cm³/mol. The van der Waals surface area contributed by atoms with Crippen LogP contribution in [0.15, 0.2) is 0 Å². The standard InChI is InChI=1S/C10H19NO6/c1-5-6(4-12)17-10(16-2)8(9(5)15)11-3-7(13)14/h5-6,8-12,15H,3-4H2,1-2H3,(H,13,14). The first-order chi connectivity index (χ1) is 8.01. The van der Waals surface area contributed by atoms with E-state index in [0.29, 0.717) is 0 Å². The summed E-state index contributed by atoms with van der Waals surface area (Å²) in [5.74, 6) is -1.33. The highest BCUT2D eigenvalue weighted by atomic mass is 16.7. The molecule has 100 valence electrons. The van der Waals surface area contributed by atoms with Crippen LogP contribution in [-0.4, -0.2) is 66.1 Å². The van der Waals surface area contributed by atoms with Crippen LogP contribution in [0.5, 0.6) is 0 Å². The maximum absolute atomic E-state index is 10.5. The topological polar surface area (TPSA) is 108 Å². The molecular formula is C10H19NO6. The maximum atomic E-state index is 10.5. The first kappa shape index (κ1) is 14.3. The van der Waals surface area contributed by atoms with Gasteiger partial charge in [-0.3, -0.25) is 10.1 Å². The van der Waals surface area contributed by atoms with Crippen molar-refractivity contribution in [3.8, 4) is 0 Å². The van der Waals surface area contributed by atoms with Crippen LogP contribution in [0.25, 0.3) is 0 Å². The minimum Gasteiger partial charge on any atom is -0.480 e. The molecule has 0 aromatic rings. The molecule has 7 nitrogen and oxygen atoms in total. The van der Waals surface area contributed by atoms with Crippen LogP contribution in [0.2, 0.25) is 0 Å². The van der Waals surface area contributed by atoms with Crippen LogP contribution < -0.4 is 5.32 Å². The van der Waals surface area contributed by atoms with Crippen molar-refractivity contribution in [1.82, 2.24) is 5.32 Å². The molecular weight excluding hydrogens is 230 g/mol. The van der Waals surface area contributed by atoms with Gasteiger partial charge in [0.25, 0.3) is 0 Å². The van der Waals surface area contributed by atoms with Crippen LogP contribution in [0.4, 0.5) is 0 Å². The molecule has 0 bridgehead atoms. The molecule has 1 aliphatic heterocycles. The van der Waals surface area contributed by atoms with E-state index in [0.717, 1.165) is 0 Å². The molecule has 7 heteroatoms. The van der Waals surface area contributed by atoms with Crippen molar-refractivity contribution in [2.24, 2.45) is 5.92 Å². The number of rotatable bonds is 5. The molecule has 1 saturated heterocycles. The third-order valence-corrected chi connectivity index (χ3v) is 3.00. The van der Waals surface area contributed by atoms with Gasteiger partial charge in [-0.05, 0) is 0 Å². The van der Waals surface area contributed by atoms with Crippen molar-refractivity contribution in [2.45, 2.75) is 31.5 Å². The molecule has 0 aromatic heterocycles. The second kappa shape index (κ2) is 6.27. The molecule has 0 amide bonds. The molecule has 0 saturated carbocycles. The van der Waals surface area contributed by atoms with Gasteiger partial charge in [-0.15, -0.1) is 0 Å². The fraction of sp³-hybridized carbons (Fsp3) is 0.900. The lowest BCUT2D eigenvalue weighted by molar-refractivity contribution is -0.246. The van der Waals surface area contributed by atoms with Crippen LogP contribution in [0.3, 0.4) is 0 Å². The fourth-order valence-electron chi connectivity index (χ4n) is 1.92. The van der Waals surface area contributed by atoms with Crippen molar-refractivity contribution in [1.29, 1.82) is 0 Å². The molecule has 1 aliphatic rings. The first-order valence-corrected chi connectivity index (χ1v) is 5.43. The highest BCUT2D eigenvalue weighted by Gasteiger charge is 2.42. The zero-order valence-electron chi connectivity index (χ0n) is 9.87. The Bertz CT molecular complexity index is 259. The van der Waals surface area contributed by atoms with Crippen molar-refractivity contribution in [3.63, 3.8) is 0 Å². The SMILES string of the molecule is COC1OC(CO)C(C)C(O)C1NCC(=O)O. The van der Waals surface area contributed by atoms with Crippen molar-refractivity contribution < 1.29 is 29.6 Å². The van der Waals surface area contributed by atoms with Gasteiger partial charge in [-0.1, -0.05) is 6.92 Å². The van der Waals surface area contributed by atoms with E-state index in [4.69, 9.17) is 19.7 Å². The van der Waals surface area contributed by atoms with Gasteiger partial charge >= 0.3 is 5.97 Å². The van der Waals surface area contributed by atoms with E-state index in [1.54, 1.807) is 6.92 Å². The summed E-state index contributed by atoms with van der Waals surface area (Å²) in [6, 6.07) is -0.631. The summed E-state index contributed by atoms with van der Waals surface area (Å²) in [6.45, 7) is 1.22. The molecule has 1 rings (SSSR count). The zero-order chi connectivity index (χ0) is 13.0. The van der Waals surface area contributed by atoms with Gasteiger partial charge in [0.2, 0.25) is 0 Å². The molecule has 0 radical (unpaired) electrons. The van der Waals surface area contributed by atoms with E-state index >= 15 is 0 Å². The Kier molecular flexibility index (Phi) is 5.29. The van der Waals surface area contributed by atoms with Crippen LogP contribution in [-0.2, 0) is 14.3 Å². The number of nitrogens with one attached hydrogen (secondary N) is 1. The number of ether oxygens (including phenoxy) is 2. The van der Waals surface area contributed by atoms with Crippen molar-refractivity contribution in [2.75, 3.05) is 20.3 Å².